The molecule has 1 aromatic rings. The molecule has 1 unspecified atom stereocenters. The van der Waals surface area contributed by atoms with Crippen LogP contribution < -0.4 is 5.32 Å². The van der Waals surface area contributed by atoms with Crippen LogP contribution in [0.25, 0.3) is 0 Å². The van der Waals surface area contributed by atoms with E-state index in [1.54, 1.807) is 0 Å². The highest BCUT2D eigenvalue weighted by molar-refractivity contribution is 4.90. The standard InChI is InChI=1S/C12H23N5/c1-3-5-11(13-4-2)8-16-6-7-17-10-14-15-12(17)9-16/h10-11,13H,3-9H2,1-2H3. The first-order chi connectivity index (χ1) is 8.33. The van der Waals surface area contributed by atoms with Gasteiger partial charge in [-0.1, -0.05) is 20.3 Å². The van der Waals surface area contributed by atoms with E-state index in [-0.39, 0.29) is 0 Å². The van der Waals surface area contributed by atoms with Gasteiger partial charge in [0, 0.05) is 25.7 Å². The molecule has 2 heterocycles. The van der Waals surface area contributed by atoms with Gasteiger partial charge in [0.05, 0.1) is 6.54 Å². The maximum Gasteiger partial charge on any atom is 0.147 e. The van der Waals surface area contributed by atoms with Crippen LogP contribution in [0.4, 0.5) is 0 Å². The number of hydrogen-bond donors (Lipinski definition) is 1. The number of likely N-dealkylation sites (N-methyl/N-ethyl adjacent to an activating group) is 1. The molecule has 96 valence electrons. The molecule has 0 saturated heterocycles. The number of fused-ring (bicyclic) bond motifs is 1. The SMILES string of the molecule is CCCC(CN1CCn2cnnc2C1)NCC. The lowest BCUT2D eigenvalue weighted by molar-refractivity contribution is 0.191. The van der Waals surface area contributed by atoms with Crippen LogP contribution in [0, 0.1) is 0 Å². The predicted octanol–water partition coefficient (Wildman–Crippen LogP) is 0.872. The van der Waals surface area contributed by atoms with E-state index in [1.807, 2.05) is 6.33 Å². The minimum Gasteiger partial charge on any atom is -0.315 e. The molecule has 1 N–H and O–H groups in total. The Morgan fingerprint density at radius 1 is 1.41 bits per heavy atom. The van der Waals surface area contributed by atoms with E-state index in [4.69, 9.17) is 0 Å². The zero-order chi connectivity index (χ0) is 12.1. The molecule has 1 aliphatic heterocycles. The molecular weight excluding hydrogens is 214 g/mol. The maximum absolute atomic E-state index is 4.16. The van der Waals surface area contributed by atoms with Crippen molar-refractivity contribution in [2.45, 2.75) is 45.8 Å². The molecule has 0 bridgehead atoms. The summed E-state index contributed by atoms with van der Waals surface area (Å²) < 4.78 is 2.15. The maximum atomic E-state index is 4.16. The smallest absolute Gasteiger partial charge is 0.147 e. The van der Waals surface area contributed by atoms with E-state index in [9.17, 15) is 0 Å². The van der Waals surface area contributed by atoms with Crippen molar-refractivity contribution in [2.75, 3.05) is 19.6 Å². The van der Waals surface area contributed by atoms with Crippen LogP contribution in [0.1, 0.15) is 32.5 Å². The molecule has 17 heavy (non-hydrogen) atoms. The number of hydrogen-bond acceptors (Lipinski definition) is 4. The summed E-state index contributed by atoms with van der Waals surface area (Å²) in [5.74, 6) is 1.10. The van der Waals surface area contributed by atoms with Gasteiger partial charge in [-0.2, -0.15) is 0 Å². The third-order valence-electron chi connectivity index (χ3n) is 3.33. The van der Waals surface area contributed by atoms with Gasteiger partial charge in [-0.05, 0) is 13.0 Å². The minimum atomic E-state index is 0.611. The molecule has 0 fully saturated rings. The van der Waals surface area contributed by atoms with Gasteiger partial charge in [0.2, 0.25) is 0 Å². The Morgan fingerprint density at radius 3 is 3.06 bits per heavy atom. The first-order valence-electron chi connectivity index (χ1n) is 6.66. The molecule has 0 radical (unpaired) electrons. The number of rotatable bonds is 6. The Labute approximate surface area is 103 Å². The third kappa shape index (κ3) is 3.26. The lowest BCUT2D eigenvalue weighted by Gasteiger charge is -2.30. The summed E-state index contributed by atoms with van der Waals surface area (Å²) in [6.07, 6.45) is 4.32. The lowest BCUT2D eigenvalue weighted by atomic mass is 10.1. The summed E-state index contributed by atoms with van der Waals surface area (Å²) in [4.78, 5) is 2.48. The van der Waals surface area contributed by atoms with Gasteiger partial charge in [-0.3, -0.25) is 4.90 Å². The third-order valence-corrected chi connectivity index (χ3v) is 3.33. The van der Waals surface area contributed by atoms with E-state index in [2.05, 4.69) is 38.8 Å². The predicted molar refractivity (Wildman–Crippen MR) is 67.7 cm³/mol. The molecular formula is C12H23N5. The van der Waals surface area contributed by atoms with Crippen molar-refractivity contribution >= 4 is 0 Å². The molecule has 0 aromatic carbocycles. The Hall–Kier alpha value is -0.940. The van der Waals surface area contributed by atoms with Gasteiger partial charge in [0.15, 0.2) is 0 Å². The molecule has 0 spiro atoms. The molecule has 5 nitrogen and oxygen atoms in total. The second kappa shape index (κ2) is 6.12. The summed E-state index contributed by atoms with van der Waals surface area (Å²) in [5, 5.41) is 11.7. The largest absolute Gasteiger partial charge is 0.315 e. The van der Waals surface area contributed by atoms with Crippen LogP contribution in [0.3, 0.4) is 0 Å². The highest BCUT2D eigenvalue weighted by Crippen LogP contribution is 2.10. The van der Waals surface area contributed by atoms with E-state index >= 15 is 0 Å². The van der Waals surface area contributed by atoms with E-state index in [0.29, 0.717) is 6.04 Å². The molecule has 1 atom stereocenters. The zero-order valence-electron chi connectivity index (χ0n) is 10.9. The summed E-state index contributed by atoms with van der Waals surface area (Å²) in [6, 6.07) is 0.611. The average molecular weight is 237 g/mol. The molecule has 0 amide bonds. The van der Waals surface area contributed by atoms with Crippen molar-refractivity contribution in [1.82, 2.24) is 25.0 Å². The molecule has 5 heteroatoms. The normalized spacial score (nSPS) is 18.0. The Balaban J connectivity index is 1.87. The van der Waals surface area contributed by atoms with Crippen LogP contribution >= 0.6 is 0 Å². The number of nitrogens with zero attached hydrogens (tertiary/aromatic N) is 4. The average Bonchev–Trinajstić information content (AvgIpc) is 2.77. The summed E-state index contributed by atoms with van der Waals surface area (Å²) in [6.45, 7) is 9.66. The fourth-order valence-corrected chi connectivity index (χ4v) is 2.48. The van der Waals surface area contributed by atoms with Crippen LogP contribution in [0.5, 0.6) is 0 Å². The van der Waals surface area contributed by atoms with Crippen molar-refractivity contribution in [1.29, 1.82) is 0 Å². The van der Waals surface area contributed by atoms with Crippen molar-refractivity contribution < 1.29 is 0 Å². The Morgan fingerprint density at radius 2 is 2.29 bits per heavy atom. The Bertz CT molecular complexity index is 329. The highest BCUT2D eigenvalue weighted by Gasteiger charge is 2.19. The van der Waals surface area contributed by atoms with Gasteiger partial charge in [-0.25, -0.2) is 0 Å². The summed E-state index contributed by atoms with van der Waals surface area (Å²) in [7, 11) is 0. The first kappa shape index (κ1) is 12.5. The van der Waals surface area contributed by atoms with Gasteiger partial charge in [0.1, 0.15) is 12.2 Å². The number of aromatic nitrogens is 3. The fourth-order valence-electron chi connectivity index (χ4n) is 2.48. The van der Waals surface area contributed by atoms with Crippen molar-refractivity contribution in [3.8, 4) is 0 Å². The van der Waals surface area contributed by atoms with Gasteiger partial charge in [0.25, 0.3) is 0 Å². The second-order valence-corrected chi connectivity index (χ2v) is 4.72. The fraction of sp³-hybridized carbons (Fsp3) is 0.833. The van der Waals surface area contributed by atoms with E-state index in [0.717, 1.165) is 38.5 Å². The molecule has 1 aliphatic rings. The van der Waals surface area contributed by atoms with Crippen LogP contribution in [0.2, 0.25) is 0 Å². The van der Waals surface area contributed by atoms with Crippen LogP contribution in [-0.4, -0.2) is 45.3 Å². The summed E-state index contributed by atoms with van der Waals surface area (Å²) in [5.41, 5.74) is 0. The first-order valence-corrected chi connectivity index (χ1v) is 6.66. The quantitative estimate of drug-likeness (QED) is 0.797. The molecule has 2 rings (SSSR count). The van der Waals surface area contributed by atoms with Gasteiger partial charge in [-0.15, -0.1) is 10.2 Å². The van der Waals surface area contributed by atoms with Gasteiger partial charge >= 0.3 is 0 Å². The van der Waals surface area contributed by atoms with Crippen LogP contribution in [0.15, 0.2) is 6.33 Å². The van der Waals surface area contributed by atoms with E-state index < -0.39 is 0 Å². The topological polar surface area (TPSA) is 46.0 Å². The van der Waals surface area contributed by atoms with Gasteiger partial charge < -0.3 is 9.88 Å². The van der Waals surface area contributed by atoms with Crippen molar-refractivity contribution in [3.63, 3.8) is 0 Å². The van der Waals surface area contributed by atoms with Crippen LogP contribution in [-0.2, 0) is 13.1 Å². The Kier molecular flexibility index (Phi) is 4.50. The highest BCUT2D eigenvalue weighted by atomic mass is 15.3. The second-order valence-electron chi connectivity index (χ2n) is 4.72. The van der Waals surface area contributed by atoms with Crippen molar-refractivity contribution in [3.05, 3.63) is 12.2 Å². The molecule has 0 saturated carbocycles. The summed E-state index contributed by atoms with van der Waals surface area (Å²) >= 11 is 0. The minimum absolute atomic E-state index is 0.611. The van der Waals surface area contributed by atoms with Crippen molar-refractivity contribution in [2.24, 2.45) is 0 Å². The lowest BCUT2D eigenvalue weighted by Crippen LogP contribution is -2.44. The molecule has 0 aliphatic carbocycles. The monoisotopic (exact) mass is 237 g/mol. The molecule has 1 aromatic heterocycles. The van der Waals surface area contributed by atoms with E-state index in [1.165, 1.54) is 12.8 Å². The zero-order valence-corrected chi connectivity index (χ0v) is 10.9. The number of nitrogens with one attached hydrogen (secondary N) is 1.